The van der Waals surface area contributed by atoms with Crippen molar-refractivity contribution in [2.45, 2.75) is 19.3 Å². The quantitative estimate of drug-likeness (QED) is 0.354. The fourth-order valence-corrected chi connectivity index (χ4v) is 3.62. The Hall–Kier alpha value is -4.09. The summed E-state index contributed by atoms with van der Waals surface area (Å²) in [5, 5.41) is 18.6. The second-order valence-corrected chi connectivity index (χ2v) is 8.60. The molecule has 5 heteroatoms. The van der Waals surface area contributed by atoms with Gasteiger partial charge in [-0.05, 0) is 23.8 Å². The van der Waals surface area contributed by atoms with Crippen LogP contribution in [0.3, 0.4) is 0 Å². The van der Waals surface area contributed by atoms with E-state index in [1.165, 1.54) is 0 Å². The number of rotatable bonds is 5. The minimum atomic E-state index is -0.337. The van der Waals surface area contributed by atoms with Gasteiger partial charge in [0, 0.05) is 16.5 Å². The Morgan fingerprint density at radius 2 is 1.15 bits per heavy atom. The van der Waals surface area contributed by atoms with Gasteiger partial charge in [-0.1, -0.05) is 105 Å². The van der Waals surface area contributed by atoms with Crippen molar-refractivity contribution in [3.63, 3.8) is 0 Å². The standard InChI is InChI=1S/C16H17N3O.C13H10O/c1-16(2,11-20)12-7-3-6-10-15(12)19-17-13-8-4-5-9-14(13)18-19;14-13(11-7-3-1-4-8-11)12-9-5-2-6-10-12/h3-10,20H,11H2,1-2H3;1-10H. The van der Waals surface area contributed by atoms with E-state index < -0.39 is 0 Å². The summed E-state index contributed by atoms with van der Waals surface area (Å²) in [6.45, 7) is 4.09. The molecule has 0 aliphatic rings. The number of nitrogens with zero attached hydrogens (tertiary/aromatic N) is 3. The van der Waals surface area contributed by atoms with Crippen LogP contribution in [-0.2, 0) is 5.41 Å². The Labute approximate surface area is 199 Å². The number of para-hydroxylation sites is 1. The van der Waals surface area contributed by atoms with E-state index in [2.05, 4.69) is 10.2 Å². The Balaban J connectivity index is 0.000000172. The highest BCUT2D eigenvalue weighted by Crippen LogP contribution is 2.28. The third kappa shape index (κ3) is 5.11. The molecule has 0 aliphatic heterocycles. The van der Waals surface area contributed by atoms with Gasteiger partial charge in [-0.25, -0.2) is 0 Å². The zero-order chi connectivity index (χ0) is 24.0. The normalized spacial score (nSPS) is 11.0. The van der Waals surface area contributed by atoms with E-state index in [0.717, 1.165) is 33.4 Å². The first kappa shape index (κ1) is 23.1. The summed E-state index contributed by atoms with van der Waals surface area (Å²) in [5.74, 6) is 0.0752. The molecule has 0 unspecified atom stereocenters. The Morgan fingerprint density at radius 1 is 0.706 bits per heavy atom. The smallest absolute Gasteiger partial charge is 0.193 e. The molecule has 0 atom stereocenters. The molecule has 1 aromatic heterocycles. The SMILES string of the molecule is CC(C)(CO)c1ccccc1-n1nc2ccccc2n1.O=C(c1ccccc1)c1ccccc1. The minimum absolute atomic E-state index is 0.0742. The number of aromatic nitrogens is 3. The van der Waals surface area contributed by atoms with Crippen molar-refractivity contribution in [1.82, 2.24) is 15.0 Å². The topological polar surface area (TPSA) is 68.0 Å². The lowest BCUT2D eigenvalue weighted by molar-refractivity contribution is 0.103. The maximum atomic E-state index is 11.8. The van der Waals surface area contributed by atoms with Crippen LogP contribution in [0.2, 0.25) is 0 Å². The van der Waals surface area contributed by atoms with Crippen LogP contribution >= 0.6 is 0 Å². The average molecular weight is 450 g/mol. The third-order valence-electron chi connectivity index (χ3n) is 5.60. The lowest BCUT2D eigenvalue weighted by Crippen LogP contribution is -2.24. The van der Waals surface area contributed by atoms with Gasteiger partial charge in [0.25, 0.3) is 0 Å². The summed E-state index contributed by atoms with van der Waals surface area (Å²) in [7, 11) is 0. The van der Waals surface area contributed by atoms with Gasteiger partial charge in [0.15, 0.2) is 5.78 Å². The van der Waals surface area contributed by atoms with Crippen LogP contribution in [0.25, 0.3) is 16.7 Å². The summed E-state index contributed by atoms with van der Waals surface area (Å²) >= 11 is 0. The zero-order valence-electron chi connectivity index (χ0n) is 19.3. The molecule has 5 aromatic rings. The predicted octanol–water partition coefficient (Wildman–Crippen LogP) is 5.61. The Kier molecular flexibility index (Phi) is 6.95. The molecule has 5 nitrogen and oxygen atoms in total. The molecule has 34 heavy (non-hydrogen) atoms. The number of carbonyl (C=O) groups excluding carboxylic acids is 1. The largest absolute Gasteiger partial charge is 0.395 e. The van der Waals surface area contributed by atoms with Gasteiger partial charge in [-0.15, -0.1) is 10.2 Å². The molecule has 5 rings (SSSR count). The first-order valence-electron chi connectivity index (χ1n) is 11.2. The van der Waals surface area contributed by atoms with Crippen molar-refractivity contribution in [1.29, 1.82) is 0 Å². The molecule has 0 aliphatic carbocycles. The van der Waals surface area contributed by atoms with Crippen LogP contribution in [0.1, 0.15) is 35.3 Å². The number of carbonyl (C=O) groups is 1. The molecule has 170 valence electrons. The van der Waals surface area contributed by atoms with Gasteiger partial charge >= 0.3 is 0 Å². The van der Waals surface area contributed by atoms with Crippen molar-refractivity contribution in [3.8, 4) is 5.69 Å². The summed E-state index contributed by atoms with van der Waals surface area (Å²) in [5.41, 5.74) is 4.80. The highest BCUT2D eigenvalue weighted by Gasteiger charge is 2.24. The lowest BCUT2D eigenvalue weighted by Gasteiger charge is -2.24. The third-order valence-corrected chi connectivity index (χ3v) is 5.60. The molecule has 0 radical (unpaired) electrons. The molecule has 4 aromatic carbocycles. The predicted molar refractivity (Wildman–Crippen MR) is 135 cm³/mol. The van der Waals surface area contributed by atoms with Crippen molar-refractivity contribution < 1.29 is 9.90 Å². The van der Waals surface area contributed by atoms with Crippen molar-refractivity contribution in [2.75, 3.05) is 6.61 Å². The number of fused-ring (bicyclic) bond motifs is 1. The highest BCUT2D eigenvalue weighted by molar-refractivity contribution is 6.08. The van der Waals surface area contributed by atoms with Crippen molar-refractivity contribution >= 4 is 16.8 Å². The summed E-state index contributed by atoms with van der Waals surface area (Å²) in [4.78, 5) is 13.5. The fraction of sp³-hybridized carbons (Fsp3) is 0.138. The van der Waals surface area contributed by atoms with Crippen LogP contribution in [0.15, 0.2) is 109 Å². The van der Waals surface area contributed by atoms with E-state index in [4.69, 9.17) is 0 Å². The van der Waals surface area contributed by atoms with Gasteiger partial charge < -0.3 is 5.11 Å². The molecule has 1 N–H and O–H groups in total. The molecule has 0 amide bonds. The van der Waals surface area contributed by atoms with Gasteiger partial charge in [-0.3, -0.25) is 4.79 Å². The number of benzene rings is 4. The maximum absolute atomic E-state index is 11.8. The first-order chi connectivity index (χ1) is 16.5. The van der Waals surface area contributed by atoms with Crippen LogP contribution in [-0.4, -0.2) is 32.5 Å². The van der Waals surface area contributed by atoms with Crippen LogP contribution in [0.5, 0.6) is 0 Å². The van der Waals surface area contributed by atoms with Gasteiger partial charge in [0.05, 0.1) is 12.3 Å². The van der Waals surface area contributed by atoms with E-state index in [9.17, 15) is 9.90 Å². The summed E-state index contributed by atoms with van der Waals surface area (Å²) < 4.78 is 0. The molecule has 0 fully saturated rings. The molecule has 1 heterocycles. The van der Waals surface area contributed by atoms with Crippen molar-refractivity contribution in [2.24, 2.45) is 0 Å². The number of ketones is 1. The maximum Gasteiger partial charge on any atom is 0.193 e. The van der Waals surface area contributed by atoms with Crippen LogP contribution in [0.4, 0.5) is 0 Å². The first-order valence-corrected chi connectivity index (χ1v) is 11.2. The number of hydrogen-bond donors (Lipinski definition) is 1. The molecule has 0 spiro atoms. The van der Waals surface area contributed by atoms with Gasteiger partial charge in [-0.2, -0.15) is 4.80 Å². The molecule has 0 saturated heterocycles. The van der Waals surface area contributed by atoms with Crippen LogP contribution in [0, 0.1) is 0 Å². The second kappa shape index (κ2) is 10.2. The number of aliphatic hydroxyl groups is 1. The Morgan fingerprint density at radius 3 is 1.65 bits per heavy atom. The molecule has 0 bridgehead atoms. The fourth-order valence-electron chi connectivity index (χ4n) is 3.62. The van der Waals surface area contributed by atoms with E-state index in [1.807, 2.05) is 123 Å². The molecular weight excluding hydrogens is 422 g/mol. The molecule has 0 saturated carbocycles. The Bertz CT molecular complexity index is 1300. The summed E-state index contributed by atoms with van der Waals surface area (Å²) in [6.07, 6.45) is 0. The van der Waals surface area contributed by atoms with E-state index in [-0.39, 0.29) is 17.8 Å². The average Bonchev–Trinajstić information content (AvgIpc) is 3.34. The molecular formula is C29H27N3O2. The van der Waals surface area contributed by atoms with E-state index in [1.54, 1.807) is 4.80 Å². The number of hydrogen-bond acceptors (Lipinski definition) is 4. The monoisotopic (exact) mass is 449 g/mol. The van der Waals surface area contributed by atoms with Gasteiger partial charge in [0.2, 0.25) is 0 Å². The lowest BCUT2D eigenvalue weighted by atomic mass is 9.84. The minimum Gasteiger partial charge on any atom is -0.395 e. The van der Waals surface area contributed by atoms with Crippen molar-refractivity contribution in [3.05, 3.63) is 126 Å². The summed E-state index contributed by atoms with van der Waals surface area (Å²) in [6, 6.07) is 34.3. The van der Waals surface area contributed by atoms with Gasteiger partial charge in [0.1, 0.15) is 11.0 Å². The zero-order valence-corrected chi connectivity index (χ0v) is 19.3. The van der Waals surface area contributed by atoms with Crippen LogP contribution < -0.4 is 0 Å². The van der Waals surface area contributed by atoms with E-state index in [0.29, 0.717) is 0 Å². The highest BCUT2D eigenvalue weighted by atomic mass is 16.3. The number of aliphatic hydroxyl groups excluding tert-OH is 1. The van der Waals surface area contributed by atoms with E-state index >= 15 is 0 Å². The second-order valence-electron chi connectivity index (χ2n) is 8.60.